The standard InChI is InChI=1S/C21H23N3O3/c1-3-13-21(16-10-5-4-6-11-16)19(26)24(20(27)23-21)14-18(25)22-17-12-8-7-9-15(17)2/h4-12H,3,13-14H2,1-2H3,(H,22,25)(H,23,27)/t21-/m0/s1. The minimum Gasteiger partial charge on any atom is -0.324 e. The molecule has 2 N–H and O–H groups in total. The molecule has 0 aliphatic carbocycles. The van der Waals surface area contributed by atoms with Crippen LogP contribution in [0.2, 0.25) is 0 Å². The van der Waals surface area contributed by atoms with E-state index in [1.54, 1.807) is 6.07 Å². The Bertz CT molecular complexity index is 866. The van der Waals surface area contributed by atoms with Gasteiger partial charge in [0.2, 0.25) is 5.91 Å². The van der Waals surface area contributed by atoms with E-state index >= 15 is 0 Å². The second-order valence-electron chi connectivity index (χ2n) is 6.71. The molecule has 0 saturated carbocycles. The summed E-state index contributed by atoms with van der Waals surface area (Å²) in [7, 11) is 0. The van der Waals surface area contributed by atoms with Gasteiger partial charge in [0.25, 0.3) is 5.91 Å². The van der Waals surface area contributed by atoms with Gasteiger partial charge in [0.05, 0.1) is 0 Å². The Morgan fingerprint density at radius 2 is 1.74 bits per heavy atom. The van der Waals surface area contributed by atoms with Crippen LogP contribution in [0.1, 0.15) is 30.9 Å². The molecule has 3 rings (SSSR count). The molecular formula is C21H23N3O3. The second kappa shape index (κ2) is 7.61. The molecular weight excluding hydrogens is 342 g/mol. The summed E-state index contributed by atoms with van der Waals surface area (Å²) in [5, 5.41) is 5.59. The Morgan fingerprint density at radius 1 is 1.07 bits per heavy atom. The van der Waals surface area contributed by atoms with Gasteiger partial charge in [0.1, 0.15) is 12.1 Å². The first-order chi connectivity index (χ1) is 13.0. The summed E-state index contributed by atoms with van der Waals surface area (Å²) in [6.45, 7) is 3.51. The van der Waals surface area contributed by atoms with Gasteiger partial charge >= 0.3 is 6.03 Å². The van der Waals surface area contributed by atoms with Crippen molar-refractivity contribution >= 4 is 23.5 Å². The average Bonchev–Trinajstić information content (AvgIpc) is 2.90. The van der Waals surface area contributed by atoms with Gasteiger partial charge in [-0.3, -0.25) is 14.5 Å². The Labute approximate surface area is 158 Å². The number of carbonyl (C=O) groups excluding carboxylic acids is 3. The highest BCUT2D eigenvalue weighted by Crippen LogP contribution is 2.33. The van der Waals surface area contributed by atoms with Gasteiger partial charge in [-0.1, -0.05) is 61.9 Å². The number of hydrogen-bond acceptors (Lipinski definition) is 3. The highest BCUT2D eigenvalue weighted by molar-refractivity contribution is 6.10. The number of hydrogen-bond donors (Lipinski definition) is 2. The smallest absolute Gasteiger partial charge is 0.324 e. The molecule has 2 aromatic rings. The van der Waals surface area contributed by atoms with Crippen molar-refractivity contribution in [3.8, 4) is 0 Å². The highest BCUT2D eigenvalue weighted by Gasteiger charge is 2.52. The number of carbonyl (C=O) groups is 3. The van der Waals surface area contributed by atoms with E-state index in [1.165, 1.54) is 0 Å². The van der Waals surface area contributed by atoms with E-state index in [1.807, 2.05) is 62.4 Å². The maximum absolute atomic E-state index is 13.1. The van der Waals surface area contributed by atoms with Crippen LogP contribution in [0.4, 0.5) is 10.5 Å². The molecule has 1 aliphatic rings. The zero-order valence-electron chi connectivity index (χ0n) is 15.5. The third-order valence-corrected chi connectivity index (χ3v) is 4.79. The summed E-state index contributed by atoms with van der Waals surface area (Å²) in [6, 6.07) is 16.0. The van der Waals surface area contributed by atoms with Crippen LogP contribution >= 0.6 is 0 Å². The van der Waals surface area contributed by atoms with Crippen LogP contribution in [0.25, 0.3) is 0 Å². The van der Waals surface area contributed by atoms with E-state index < -0.39 is 17.5 Å². The molecule has 6 nitrogen and oxygen atoms in total. The summed E-state index contributed by atoms with van der Waals surface area (Å²) in [6.07, 6.45) is 1.18. The Hall–Kier alpha value is -3.15. The van der Waals surface area contributed by atoms with Crippen LogP contribution < -0.4 is 10.6 Å². The van der Waals surface area contributed by atoms with Crippen molar-refractivity contribution in [1.82, 2.24) is 10.2 Å². The molecule has 27 heavy (non-hydrogen) atoms. The summed E-state index contributed by atoms with van der Waals surface area (Å²) in [4.78, 5) is 39.1. The summed E-state index contributed by atoms with van der Waals surface area (Å²) in [5.74, 6) is -0.798. The maximum atomic E-state index is 13.1. The molecule has 0 spiro atoms. The first-order valence-electron chi connectivity index (χ1n) is 9.03. The molecule has 140 valence electrons. The third kappa shape index (κ3) is 3.56. The molecule has 1 aliphatic heterocycles. The fourth-order valence-electron chi connectivity index (χ4n) is 3.42. The van der Waals surface area contributed by atoms with Gasteiger partial charge in [-0.15, -0.1) is 0 Å². The minimum absolute atomic E-state index is 0.322. The summed E-state index contributed by atoms with van der Waals surface area (Å²) < 4.78 is 0. The number of nitrogens with zero attached hydrogens (tertiary/aromatic N) is 1. The van der Waals surface area contributed by atoms with Crippen LogP contribution in [0, 0.1) is 6.92 Å². The van der Waals surface area contributed by atoms with Crippen molar-refractivity contribution in [1.29, 1.82) is 0 Å². The zero-order valence-corrected chi connectivity index (χ0v) is 15.5. The normalized spacial score (nSPS) is 19.1. The molecule has 0 unspecified atom stereocenters. The second-order valence-corrected chi connectivity index (χ2v) is 6.71. The fourth-order valence-corrected chi connectivity index (χ4v) is 3.42. The van der Waals surface area contributed by atoms with Crippen molar-refractivity contribution in [3.63, 3.8) is 0 Å². The first-order valence-corrected chi connectivity index (χ1v) is 9.03. The van der Waals surface area contributed by atoms with Crippen molar-refractivity contribution in [2.24, 2.45) is 0 Å². The summed E-state index contributed by atoms with van der Waals surface area (Å²) in [5.41, 5.74) is 1.19. The van der Waals surface area contributed by atoms with Gasteiger partial charge in [-0.25, -0.2) is 4.79 Å². The van der Waals surface area contributed by atoms with Gasteiger partial charge in [0, 0.05) is 5.69 Å². The predicted molar refractivity (Wildman–Crippen MR) is 103 cm³/mol. The number of imide groups is 1. The third-order valence-electron chi connectivity index (χ3n) is 4.79. The molecule has 1 saturated heterocycles. The molecule has 4 amide bonds. The van der Waals surface area contributed by atoms with Crippen molar-refractivity contribution in [2.75, 3.05) is 11.9 Å². The number of amides is 4. The lowest BCUT2D eigenvalue weighted by molar-refractivity contribution is -0.134. The highest BCUT2D eigenvalue weighted by atomic mass is 16.2. The molecule has 6 heteroatoms. The van der Waals surface area contributed by atoms with Crippen LogP contribution in [0.15, 0.2) is 54.6 Å². The average molecular weight is 365 g/mol. The van der Waals surface area contributed by atoms with E-state index in [0.717, 1.165) is 16.0 Å². The Kier molecular flexibility index (Phi) is 5.26. The fraction of sp³-hybridized carbons (Fsp3) is 0.286. The van der Waals surface area contributed by atoms with E-state index in [0.29, 0.717) is 18.5 Å². The number of aryl methyl sites for hydroxylation is 1. The molecule has 2 aromatic carbocycles. The van der Waals surface area contributed by atoms with Crippen molar-refractivity contribution < 1.29 is 14.4 Å². The topological polar surface area (TPSA) is 78.5 Å². The monoisotopic (exact) mass is 365 g/mol. The van der Waals surface area contributed by atoms with E-state index in [-0.39, 0.29) is 12.5 Å². The molecule has 1 heterocycles. The van der Waals surface area contributed by atoms with E-state index in [4.69, 9.17) is 0 Å². The van der Waals surface area contributed by atoms with Crippen molar-refractivity contribution in [2.45, 2.75) is 32.2 Å². The van der Waals surface area contributed by atoms with Crippen LogP contribution in [-0.2, 0) is 15.1 Å². The summed E-state index contributed by atoms with van der Waals surface area (Å²) >= 11 is 0. The van der Waals surface area contributed by atoms with Gasteiger partial charge in [-0.2, -0.15) is 0 Å². The van der Waals surface area contributed by atoms with E-state index in [9.17, 15) is 14.4 Å². The molecule has 0 aromatic heterocycles. The first kappa shape index (κ1) is 18.6. The zero-order chi connectivity index (χ0) is 19.4. The predicted octanol–water partition coefficient (Wildman–Crippen LogP) is 3.18. The van der Waals surface area contributed by atoms with E-state index in [2.05, 4.69) is 10.6 Å². The SMILES string of the molecule is CCC[C@@]1(c2ccccc2)NC(=O)N(CC(=O)Nc2ccccc2C)C1=O. The lowest BCUT2D eigenvalue weighted by atomic mass is 9.85. The van der Waals surface area contributed by atoms with Gasteiger partial charge in [-0.05, 0) is 30.5 Å². The quantitative estimate of drug-likeness (QED) is 0.772. The minimum atomic E-state index is -1.12. The van der Waals surface area contributed by atoms with Crippen LogP contribution in [0.5, 0.6) is 0 Å². The lowest BCUT2D eigenvalue weighted by Crippen LogP contribution is -2.44. The largest absolute Gasteiger partial charge is 0.325 e. The number of para-hydroxylation sites is 1. The number of nitrogens with one attached hydrogen (secondary N) is 2. The number of anilines is 1. The number of urea groups is 1. The Morgan fingerprint density at radius 3 is 2.41 bits per heavy atom. The van der Waals surface area contributed by atoms with Crippen LogP contribution in [0.3, 0.4) is 0 Å². The number of rotatable bonds is 6. The molecule has 0 radical (unpaired) electrons. The molecule has 0 bridgehead atoms. The van der Waals surface area contributed by atoms with Crippen LogP contribution in [-0.4, -0.2) is 29.3 Å². The molecule has 1 fully saturated rings. The van der Waals surface area contributed by atoms with Crippen molar-refractivity contribution in [3.05, 3.63) is 65.7 Å². The Balaban J connectivity index is 1.81. The van der Waals surface area contributed by atoms with Gasteiger partial charge in [0.15, 0.2) is 0 Å². The maximum Gasteiger partial charge on any atom is 0.325 e. The molecule has 1 atom stereocenters. The van der Waals surface area contributed by atoms with Gasteiger partial charge < -0.3 is 10.6 Å². The number of benzene rings is 2. The lowest BCUT2D eigenvalue weighted by Gasteiger charge is -2.26.